The Morgan fingerprint density at radius 1 is 1.05 bits per heavy atom. The first kappa shape index (κ1) is 15.5. The summed E-state index contributed by atoms with van der Waals surface area (Å²) in [5.41, 5.74) is 2.55. The van der Waals surface area contributed by atoms with Gasteiger partial charge in [0.25, 0.3) is 0 Å². The van der Waals surface area contributed by atoms with Crippen LogP contribution in [0.2, 0.25) is 0 Å². The summed E-state index contributed by atoms with van der Waals surface area (Å²) in [7, 11) is 1.92. The summed E-state index contributed by atoms with van der Waals surface area (Å²) >= 11 is 0. The van der Waals surface area contributed by atoms with Gasteiger partial charge in [0, 0.05) is 0 Å². The number of ether oxygens (including phenoxy) is 1. The monoisotopic (exact) mass is 287 g/mol. The average Bonchev–Trinajstić information content (AvgIpc) is 2.51. The van der Waals surface area contributed by atoms with Gasteiger partial charge in [-0.1, -0.05) is 37.6 Å². The zero-order valence-electron chi connectivity index (χ0n) is 12.6. The molecule has 0 aliphatic heterocycles. The zero-order valence-corrected chi connectivity index (χ0v) is 12.6. The number of halogens is 1. The molecule has 0 saturated heterocycles. The lowest BCUT2D eigenvalue weighted by Crippen LogP contribution is -2.23. The smallest absolute Gasteiger partial charge is 0.123 e. The predicted octanol–water partition coefficient (Wildman–Crippen LogP) is 4.12. The second-order valence-corrected chi connectivity index (χ2v) is 5.10. The van der Waals surface area contributed by atoms with E-state index in [1.54, 1.807) is 12.1 Å². The minimum atomic E-state index is -0.251. The summed E-state index contributed by atoms with van der Waals surface area (Å²) in [6.07, 6.45) is 2.26. The van der Waals surface area contributed by atoms with E-state index >= 15 is 0 Å². The van der Waals surface area contributed by atoms with Gasteiger partial charge in [0.1, 0.15) is 18.2 Å². The van der Waals surface area contributed by atoms with Gasteiger partial charge in [-0.05, 0) is 48.9 Å². The molecule has 1 atom stereocenters. The van der Waals surface area contributed by atoms with E-state index in [0.29, 0.717) is 12.4 Å². The summed E-state index contributed by atoms with van der Waals surface area (Å²) in [5, 5.41) is 3.25. The standard InChI is InChI=1S/C18H22FNO/c1-3-4-14-5-7-15(8-6-14)18(20-2)13-21-17-11-9-16(19)10-12-17/h5-12,18,20H,3-4,13H2,1-2H3. The van der Waals surface area contributed by atoms with Gasteiger partial charge in [0.15, 0.2) is 0 Å². The Balaban J connectivity index is 1.97. The van der Waals surface area contributed by atoms with Gasteiger partial charge in [-0.25, -0.2) is 4.39 Å². The average molecular weight is 287 g/mol. The highest BCUT2D eigenvalue weighted by molar-refractivity contribution is 5.26. The molecule has 2 aromatic rings. The quantitative estimate of drug-likeness (QED) is 0.827. The zero-order chi connectivity index (χ0) is 15.1. The van der Waals surface area contributed by atoms with E-state index in [9.17, 15) is 4.39 Å². The molecule has 1 unspecified atom stereocenters. The van der Waals surface area contributed by atoms with Crippen LogP contribution >= 0.6 is 0 Å². The minimum absolute atomic E-state index is 0.116. The SMILES string of the molecule is CCCc1ccc(C(COc2ccc(F)cc2)NC)cc1. The van der Waals surface area contributed by atoms with E-state index in [1.165, 1.54) is 23.3 Å². The number of rotatable bonds is 7. The van der Waals surface area contributed by atoms with Crippen LogP contribution in [0.1, 0.15) is 30.5 Å². The van der Waals surface area contributed by atoms with Crippen molar-refractivity contribution in [2.24, 2.45) is 0 Å². The molecule has 112 valence electrons. The van der Waals surface area contributed by atoms with Crippen LogP contribution in [-0.2, 0) is 6.42 Å². The number of hydrogen-bond donors (Lipinski definition) is 1. The molecule has 0 bridgehead atoms. The molecular weight excluding hydrogens is 265 g/mol. The second-order valence-electron chi connectivity index (χ2n) is 5.10. The van der Waals surface area contributed by atoms with Crippen LogP contribution in [0.5, 0.6) is 5.75 Å². The molecule has 2 nitrogen and oxygen atoms in total. The number of nitrogens with one attached hydrogen (secondary N) is 1. The topological polar surface area (TPSA) is 21.3 Å². The first-order valence-electron chi connectivity index (χ1n) is 7.37. The fraction of sp³-hybridized carbons (Fsp3) is 0.333. The molecular formula is C18H22FNO. The first-order valence-corrected chi connectivity index (χ1v) is 7.37. The molecule has 0 saturated carbocycles. The highest BCUT2D eigenvalue weighted by atomic mass is 19.1. The number of benzene rings is 2. The van der Waals surface area contributed by atoms with E-state index in [0.717, 1.165) is 12.8 Å². The third-order valence-electron chi connectivity index (χ3n) is 3.50. The Morgan fingerprint density at radius 3 is 2.29 bits per heavy atom. The highest BCUT2D eigenvalue weighted by Gasteiger charge is 2.10. The molecule has 2 aromatic carbocycles. The van der Waals surface area contributed by atoms with Gasteiger partial charge < -0.3 is 10.1 Å². The van der Waals surface area contributed by atoms with Crippen LogP contribution in [0.3, 0.4) is 0 Å². The number of likely N-dealkylation sites (N-methyl/N-ethyl adjacent to an activating group) is 1. The van der Waals surface area contributed by atoms with Crippen LogP contribution in [-0.4, -0.2) is 13.7 Å². The molecule has 0 radical (unpaired) electrons. The molecule has 0 aliphatic rings. The molecule has 0 amide bonds. The maximum Gasteiger partial charge on any atom is 0.123 e. The summed E-state index contributed by atoms with van der Waals surface area (Å²) in [5.74, 6) is 0.429. The van der Waals surface area contributed by atoms with E-state index in [1.807, 2.05) is 7.05 Å². The third-order valence-corrected chi connectivity index (χ3v) is 3.50. The van der Waals surface area contributed by atoms with Gasteiger partial charge in [-0.3, -0.25) is 0 Å². The molecule has 0 aliphatic carbocycles. The van der Waals surface area contributed by atoms with E-state index in [2.05, 4.69) is 36.5 Å². The third kappa shape index (κ3) is 4.57. The fourth-order valence-corrected chi connectivity index (χ4v) is 2.26. The van der Waals surface area contributed by atoms with Gasteiger partial charge in [-0.2, -0.15) is 0 Å². The first-order chi connectivity index (χ1) is 10.2. The van der Waals surface area contributed by atoms with Crippen LogP contribution in [0.4, 0.5) is 4.39 Å². The Kier molecular flexibility index (Phi) is 5.76. The minimum Gasteiger partial charge on any atom is -0.492 e. The molecule has 1 N–H and O–H groups in total. The van der Waals surface area contributed by atoms with Crippen molar-refractivity contribution < 1.29 is 9.13 Å². The predicted molar refractivity (Wildman–Crippen MR) is 84.1 cm³/mol. The van der Waals surface area contributed by atoms with Crippen molar-refractivity contribution in [1.82, 2.24) is 5.32 Å². The van der Waals surface area contributed by atoms with E-state index in [4.69, 9.17) is 4.74 Å². The second kappa shape index (κ2) is 7.79. The summed E-state index contributed by atoms with van der Waals surface area (Å²) in [6.45, 7) is 2.69. The Bertz CT molecular complexity index is 536. The number of hydrogen-bond acceptors (Lipinski definition) is 2. The normalized spacial score (nSPS) is 12.1. The van der Waals surface area contributed by atoms with Crippen molar-refractivity contribution in [3.8, 4) is 5.75 Å². The Hall–Kier alpha value is -1.87. The van der Waals surface area contributed by atoms with Crippen molar-refractivity contribution in [3.05, 3.63) is 65.5 Å². The fourth-order valence-electron chi connectivity index (χ4n) is 2.26. The lowest BCUT2D eigenvalue weighted by molar-refractivity contribution is 0.273. The maximum absolute atomic E-state index is 12.8. The highest BCUT2D eigenvalue weighted by Crippen LogP contribution is 2.18. The van der Waals surface area contributed by atoms with Gasteiger partial charge in [0.05, 0.1) is 6.04 Å². The van der Waals surface area contributed by atoms with Gasteiger partial charge in [-0.15, -0.1) is 0 Å². The van der Waals surface area contributed by atoms with Crippen molar-refractivity contribution in [2.45, 2.75) is 25.8 Å². The van der Waals surface area contributed by atoms with Gasteiger partial charge in [0.2, 0.25) is 0 Å². The molecule has 0 spiro atoms. The molecule has 0 aromatic heterocycles. The van der Waals surface area contributed by atoms with Crippen LogP contribution in [0.25, 0.3) is 0 Å². The van der Waals surface area contributed by atoms with Crippen molar-refractivity contribution in [3.63, 3.8) is 0 Å². The largest absolute Gasteiger partial charge is 0.492 e. The van der Waals surface area contributed by atoms with Crippen LogP contribution < -0.4 is 10.1 Å². The van der Waals surface area contributed by atoms with Crippen LogP contribution in [0, 0.1) is 5.82 Å². The van der Waals surface area contributed by atoms with Gasteiger partial charge >= 0.3 is 0 Å². The van der Waals surface area contributed by atoms with Crippen molar-refractivity contribution in [1.29, 1.82) is 0 Å². The Morgan fingerprint density at radius 2 is 1.71 bits per heavy atom. The molecule has 0 heterocycles. The lowest BCUT2D eigenvalue weighted by Gasteiger charge is -2.18. The lowest BCUT2D eigenvalue weighted by atomic mass is 10.0. The van der Waals surface area contributed by atoms with Crippen molar-refractivity contribution in [2.75, 3.05) is 13.7 Å². The van der Waals surface area contributed by atoms with Crippen molar-refractivity contribution >= 4 is 0 Å². The summed E-state index contributed by atoms with van der Waals surface area (Å²) in [6, 6.07) is 14.8. The number of aryl methyl sites for hydroxylation is 1. The van der Waals surface area contributed by atoms with E-state index < -0.39 is 0 Å². The Labute approximate surface area is 126 Å². The maximum atomic E-state index is 12.8. The molecule has 2 rings (SSSR count). The molecule has 21 heavy (non-hydrogen) atoms. The molecule has 0 fully saturated rings. The van der Waals surface area contributed by atoms with E-state index in [-0.39, 0.29) is 11.9 Å². The summed E-state index contributed by atoms with van der Waals surface area (Å²) < 4.78 is 18.6. The summed E-state index contributed by atoms with van der Waals surface area (Å²) in [4.78, 5) is 0. The van der Waals surface area contributed by atoms with Crippen LogP contribution in [0.15, 0.2) is 48.5 Å². The molecule has 3 heteroatoms.